The quantitative estimate of drug-likeness (QED) is 0.515. The fourth-order valence-electron chi connectivity index (χ4n) is 2.81. The second-order valence-corrected chi connectivity index (χ2v) is 7.91. The summed E-state index contributed by atoms with van der Waals surface area (Å²) in [6.45, 7) is -0.293. The van der Waals surface area contributed by atoms with Crippen LogP contribution in [0.25, 0.3) is 5.65 Å². The van der Waals surface area contributed by atoms with E-state index in [2.05, 4.69) is 10.2 Å². The molecule has 0 amide bonds. The number of aromatic nitrogens is 3. The third-order valence-corrected chi connectivity index (χ3v) is 5.98. The van der Waals surface area contributed by atoms with E-state index in [0.717, 1.165) is 10.4 Å². The van der Waals surface area contributed by atoms with Gasteiger partial charge in [0.2, 0.25) is 0 Å². The predicted molar refractivity (Wildman–Crippen MR) is 99.2 cm³/mol. The maximum atomic E-state index is 14.2. The van der Waals surface area contributed by atoms with Gasteiger partial charge in [0.25, 0.3) is 10.0 Å². The van der Waals surface area contributed by atoms with Crippen molar-refractivity contribution in [2.24, 2.45) is 0 Å². The Kier molecular flexibility index (Phi) is 4.52. The Hall–Kier alpha value is -3.33. The number of sulfonamides is 1. The molecule has 0 aliphatic rings. The molecule has 0 N–H and O–H groups in total. The highest BCUT2D eigenvalue weighted by Gasteiger charge is 2.27. The zero-order valence-corrected chi connectivity index (χ0v) is 15.2. The summed E-state index contributed by atoms with van der Waals surface area (Å²) in [5, 5.41) is 7.56. The monoisotopic (exact) mass is 400 g/mol. The molecule has 2 aromatic heterocycles. The Balaban J connectivity index is 1.84. The van der Waals surface area contributed by atoms with Crippen molar-refractivity contribution in [2.75, 3.05) is 4.31 Å². The average molecular weight is 400 g/mol. The lowest BCUT2D eigenvalue weighted by Crippen LogP contribution is -2.31. The Morgan fingerprint density at radius 1 is 1.00 bits per heavy atom. The smallest absolute Gasteiger partial charge is 0.266 e. The summed E-state index contributed by atoms with van der Waals surface area (Å²) in [6.07, 6.45) is 2.73. The van der Waals surface area contributed by atoms with Crippen LogP contribution in [-0.4, -0.2) is 23.0 Å². The molecule has 4 rings (SSSR count). The van der Waals surface area contributed by atoms with Crippen molar-refractivity contribution in [2.45, 2.75) is 11.4 Å². The normalized spacial score (nSPS) is 11.6. The van der Waals surface area contributed by atoms with Crippen LogP contribution in [0.1, 0.15) is 5.56 Å². The van der Waals surface area contributed by atoms with Gasteiger partial charge in [-0.2, -0.15) is 0 Å². The molecule has 0 aliphatic carbocycles. The highest BCUT2D eigenvalue weighted by molar-refractivity contribution is 7.92. The molecule has 2 aromatic carbocycles. The average Bonchev–Trinajstić information content (AvgIpc) is 3.15. The maximum Gasteiger partial charge on any atom is 0.266 e. The first-order valence-electron chi connectivity index (χ1n) is 8.26. The number of nitrogens with zero attached hydrogens (tertiary/aromatic N) is 4. The van der Waals surface area contributed by atoms with Crippen LogP contribution in [0.4, 0.5) is 14.5 Å². The lowest BCUT2D eigenvalue weighted by molar-refractivity contribution is 0.584. The molecule has 0 bridgehead atoms. The first-order valence-corrected chi connectivity index (χ1v) is 9.70. The van der Waals surface area contributed by atoms with E-state index in [0.29, 0.717) is 5.65 Å². The summed E-state index contributed by atoms with van der Waals surface area (Å²) < 4.78 is 57.1. The molecular weight excluding hydrogens is 386 g/mol. The molecule has 0 atom stereocenters. The van der Waals surface area contributed by atoms with Gasteiger partial charge in [0.1, 0.15) is 22.9 Å². The molecule has 0 fully saturated rings. The van der Waals surface area contributed by atoms with Crippen LogP contribution >= 0.6 is 0 Å². The predicted octanol–water partition coefficient (Wildman–Crippen LogP) is 3.40. The van der Waals surface area contributed by atoms with E-state index >= 15 is 0 Å². The van der Waals surface area contributed by atoms with Crippen LogP contribution in [0, 0.1) is 11.6 Å². The minimum atomic E-state index is -4.13. The summed E-state index contributed by atoms with van der Waals surface area (Å²) in [4.78, 5) is -0.0552. The SMILES string of the molecule is O=S(=O)(c1ccc2nncn2c1)N(Cc1ccccc1F)c1cccc(F)c1. The number of halogens is 2. The highest BCUT2D eigenvalue weighted by atomic mass is 32.2. The summed E-state index contributed by atoms with van der Waals surface area (Å²) in [5.41, 5.74) is 0.734. The van der Waals surface area contributed by atoms with Crippen LogP contribution in [0.15, 0.2) is 78.1 Å². The van der Waals surface area contributed by atoms with E-state index in [4.69, 9.17) is 0 Å². The number of rotatable bonds is 5. The van der Waals surface area contributed by atoms with Gasteiger partial charge in [0.05, 0.1) is 12.2 Å². The van der Waals surface area contributed by atoms with Gasteiger partial charge in [0, 0.05) is 11.8 Å². The van der Waals surface area contributed by atoms with E-state index in [1.807, 2.05) is 0 Å². The van der Waals surface area contributed by atoms with Crippen LogP contribution in [0.5, 0.6) is 0 Å². The van der Waals surface area contributed by atoms with Crippen LogP contribution < -0.4 is 4.31 Å². The maximum absolute atomic E-state index is 14.2. The van der Waals surface area contributed by atoms with Crippen molar-refractivity contribution in [3.63, 3.8) is 0 Å². The topological polar surface area (TPSA) is 67.6 Å². The summed E-state index contributed by atoms with van der Waals surface area (Å²) in [7, 11) is -4.13. The summed E-state index contributed by atoms with van der Waals surface area (Å²) >= 11 is 0. The summed E-state index contributed by atoms with van der Waals surface area (Å²) in [5.74, 6) is -1.14. The zero-order chi connectivity index (χ0) is 19.7. The first-order chi connectivity index (χ1) is 13.4. The van der Waals surface area contributed by atoms with E-state index in [1.165, 1.54) is 65.5 Å². The second-order valence-electron chi connectivity index (χ2n) is 6.04. The zero-order valence-electron chi connectivity index (χ0n) is 14.4. The number of pyridine rings is 1. The largest absolute Gasteiger partial charge is 0.288 e. The van der Waals surface area contributed by atoms with Crippen LogP contribution in [0.3, 0.4) is 0 Å². The first kappa shape index (κ1) is 18.1. The van der Waals surface area contributed by atoms with Gasteiger partial charge < -0.3 is 0 Å². The molecule has 4 aromatic rings. The molecule has 0 aliphatic heterocycles. The van der Waals surface area contributed by atoms with Crippen LogP contribution in [0.2, 0.25) is 0 Å². The molecule has 0 unspecified atom stereocenters. The minimum Gasteiger partial charge on any atom is -0.288 e. The van der Waals surface area contributed by atoms with Gasteiger partial charge in [-0.15, -0.1) is 10.2 Å². The van der Waals surface area contributed by atoms with Crippen molar-refractivity contribution in [3.05, 3.63) is 90.4 Å². The Morgan fingerprint density at radius 3 is 2.61 bits per heavy atom. The van der Waals surface area contributed by atoms with E-state index in [-0.39, 0.29) is 22.7 Å². The van der Waals surface area contributed by atoms with Crippen molar-refractivity contribution in [3.8, 4) is 0 Å². The third kappa shape index (κ3) is 3.31. The van der Waals surface area contributed by atoms with Gasteiger partial charge in [-0.3, -0.25) is 8.71 Å². The molecule has 142 valence electrons. The Bertz CT molecular complexity index is 1260. The Labute approximate surface area is 159 Å². The number of benzene rings is 2. The molecule has 6 nitrogen and oxygen atoms in total. The third-order valence-electron chi connectivity index (χ3n) is 4.22. The Morgan fingerprint density at radius 2 is 1.82 bits per heavy atom. The van der Waals surface area contributed by atoms with E-state index in [9.17, 15) is 17.2 Å². The lowest BCUT2D eigenvalue weighted by atomic mass is 10.2. The second kappa shape index (κ2) is 7.01. The van der Waals surface area contributed by atoms with Crippen molar-refractivity contribution >= 4 is 21.4 Å². The number of hydrogen-bond donors (Lipinski definition) is 0. The van der Waals surface area contributed by atoms with Gasteiger partial charge in [-0.25, -0.2) is 17.2 Å². The van der Waals surface area contributed by atoms with E-state index in [1.54, 1.807) is 6.07 Å². The number of hydrogen-bond acceptors (Lipinski definition) is 4. The molecule has 9 heteroatoms. The van der Waals surface area contributed by atoms with Gasteiger partial charge >= 0.3 is 0 Å². The van der Waals surface area contributed by atoms with Gasteiger partial charge in [-0.1, -0.05) is 24.3 Å². The van der Waals surface area contributed by atoms with Gasteiger partial charge in [0.15, 0.2) is 5.65 Å². The molecule has 0 spiro atoms. The molecular formula is C19H14F2N4O2S. The number of anilines is 1. The van der Waals surface area contributed by atoms with Gasteiger partial charge in [-0.05, 0) is 36.4 Å². The molecule has 0 saturated carbocycles. The van der Waals surface area contributed by atoms with Crippen molar-refractivity contribution in [1.29, 1.82) is 0 Å². The highest BCUT2D eigenvalue weighted by Crippen LogP contribution is 2.27. The minimum absolute atomic E-state index is 0.0552. The lowest BCUT2D eigenvalue weighted by Gasteiger charge is -2.25. The number of fused-ring (bicyclic) bond motifs is 1. The molecule has 0 radical (unpaired) electrons. The fraction of sp³-hybridized carbons (Fsp3) is 0.0526. The van der Waals surface area contributed by atoms with Crippen molar-refractivity contribution in [1.82, 2.24) is 14.6 Å². The fourth-order valence-corrected chi connectivity index (χ4v) is 4.26. The molecule has 2 heterocycles. The summed E-state index contributed by atoms with van der Waals surface area (Å²) in [6, 6.07) is 13.9. The molecule has 0 saturated heterocycles. The van der Waals surface area contributed by atoms with Crippen LogP contribution in [-0.2, 0) is 16.6 Å². The standard InChI is InChI=1S/C19H14F2N4O2S/c20-15-5-3-6-16(10-15)25(11-14-4-1-2-7-18(14)21)28(26,27)17-8-9-19-23-22-13-24(19)12-17/h1-10,12-13H,11H2. The van der Waals surface area contributed by atoms with Crippen molar-refractivity contribution < 1.29 is 17.2 Å². The van der Waals surface area contributed by atoms with E-state index < -0.39 is 21.7 Å². The molecule has 28 heavy (non-hydrogen) atoms.